The highest BCUT2D eigenvalue weighted by molar-refractivity contribution is 6.30. The molecule has 0 aliphatic carbocycles. The molecule has 21 heavy (non-hydrogen) atoms. The van der Waals surface area contributed by atoms with E-state index in [2.05, 4.69) is 15.5 Å². The molecule has 1 heterocycles. The van der Waals surface area contributed by atoms with Crippen LogP contribution in [-0.4, -0.2) is 22.2 Å². The normalized spacial score (nSPS) is 12.0. The van der Waals surface area contributed by atoms with Crippen molar-refractivity contribution in [3.63, 3.8) is 0 Å². The molecule has 0 aliphatic heterocycles. The largest absolute Gasteiger partial charge is 0.481 e. The number of amides is 1. The molecule has 1 aromatic carbocycles. The van der Waals surface area contributed by atoms with Crippen molar-refractivity contribution in [3.05, 3.63) is 40.5 Å². The van der Waals surface area contributed by atoms with Gasteiger partial charge in [0.15, 0.2) is 6.10 Å². The van der Waals surface area contributed by atoms with Gasteiger partial charge in [-0.05, 0) is 44.0 Å². The molecule has 0 bridgehead atoms. The number of H-pyrrole nitrogens is 1. The van der Waals surface area contributed by atoms with Gasteiger partial charge in [0.1, 0.15) is 11.6 Å². The average Bonchev–Trinajstić information content (AvgIpc) is 2.89. The Labute approximate surface area is 128 Å². The number of rotatable bonds is 5. The molecule has 0 saturated carbocycles. The lowest BCUT2D eigenvalue weighted by atomic mass is 10.2. The van der Waals surface area contributed by atoms with Crippen LogP contribution in [0.5, 0.6) is 5.75 Å². The number of ether oxygens (including phenoxy) is 1. The molecule has 0 saturated heterocycles. The van der Waals surface area contributed by atoms with Gasteiger partial charge in [0, 0.05) is 10.6 Å². The van der Waals surface area contributed by atoms with E-state index >= 15 is 0 Å². The molecule has 1 unspecified atom stereocenters. The first kappa shape index (κ1) is 15.4. The van der Waals surface area contributed by atoms with E-state index in [-0.39, 0.29) is 5.91 Å². The molecular formula is C15H18ClN3O2. The van der Waals surface area contributed by atoms with E-state index in [9.17, 15) is 4.79 Å². The summed E-state index contributed by atoms with van der Waals surface area (Å²) in [4.78, 5) is 12.2. The maximum Gasteiger partial charge on any atom is 0.266 e. The third-order valence-corrected chi connectivity index (χ3v) is 3.39. The van der Waals surface area contributed by atoms with Crippen molar-refractivity contribution in [2.45, 2.75) is 33.3 Å². The monoisotopic (exact) mass is 307 g/mol. The third-order valence-electron chi connectivity index (χ3n) is 3.16. The van der Waals surface area contributed by atoms with Gasteiger partial charge in [-0.1, -0.05) is 18.5 Å². The second-order valence-corrected chi connectivity index (χ2v) is 5.22. The predicted molar refractivity (Wildman–Crippen MR) is 82.9 cm³/mol. The number of nitrogens with zero attached hydrogens (tertiary/aromatic N) is 1. The van der Waals surface area contributed by atoms with Crippen molar-refractivity contribution < 1.29 is 9.53 Å². The van der Waals surface area contributed by atoms with Gasteiger partial charge in [-0.3, -0.25) is 9.89 Å². The zero-order valence-electron chi connectivity index (χ0n) is 12.2. The topological polar surface area (TPSA) is 67.0 Å². The van der Waals surface area contributed by atoms with Crippen LogP contribution >= 0.6 is 11.6 Å². The van der Waals surface area contributed by atoms with Crippen LogP contribution in [0.1, 0.15) is 25.0 Å². The maximum atomic E-state index is 12.2. The highest BCUT2D eigenvalue weighted by atomic mass is 35.5. The number of aryl methyl sites for hydroxylation is 2. The number of hydrogen-bond acceptors (Lipinski definition) is 3. The Hall–Kier alpha value is -2.01. The minimum absolute atomic E-state index is 0.233. The van der Waals surface area contributed by atoms with E-state index in [0.717, 1.165) is 17.5 Å². The number of halogens is 1. The van der Waals surface area contributed by atoms with Gasteiger partial charge in [-0.2, -0.15) is 5.10 Å². The fraction of sp³-hybridized carbons (Fsp3) is 0.333. The number of carbonyl (C=O) groups is 1. The zero-order valence-corrected chi connectivity index (χ0v) is 13.0. The van der Waals surface area contributed by atoms with Crippen LogP contribution in [0.25, 0.3) is 0 Å². The van der Waals surface area contributed by atoms with Crippen LogP contribution in [0.15, 0.2) is 24.4 Å². The molecule has 5 nitrogen and oxygen atoms in total. The minimum Gasteiger partial charge on any atom is -0.481 e. The highest BCUT2D eigenvalue weighted by Crippen LogP contribution is 2.23. The number of hydrogen-bond donors (Lipinski definition) is 2. The molecule has 112 valence electrons. The maximum absolute atomic E-state index is 12.2. The molecule has 1 atom stereocenters. The molecule has 2 rings (SSSR count). The fourth-order valence-corrected chi connectivity index (χ4v) is 2.13. The van der Waals surface area contributed by atoms with Gasteiger partial charge in [0.2, 0.25) is 0 Å². The number of nitrogens with one attached hydrogen (secondary N) is 2. The van der Waals surface area contributed by atoms with Crippen LogP contribution < -0.4 is 10.1 Å². The van der Waals surface area contributed by atoms with Crippen LogP contribution in [0.2, 0.25) is 5.02 Å². The Morgan fingerprint density at radius 3 is 2.95 bits per heavy atom. The summed E-state index contributed by atoms with van der Waals surface area (Å²) in [5.41, 5.74) is 1.84. The van der Waals surface area contributed by atoms with Crippen molar-refractivity contribution in [3.8, 4) is 5.75 Å². The van der Waals surface area contributed by atoms with Crippen molar-refractivity contribution >= 4 is 23.3 Å². The SMILES string of the molecule is CCc1cn[nH]c1NC(=O)C(C)Oc1ccc(Cl)cc1C. The van der Waals surface area contributed by atoms with E-state index < -0.39 is 6.10 Å². The second-order valence-electron chi connectivity index (χ2n) is 4.78. The third kappa shape index (κ3) is 3.76. The van der Waals surface area contributed by atoms with Crippen LogP contribution in [0.3, 0.4) is 0 Å². The highest BCUT2D eigenvalue weighted by Gasteiger charge is 2.17. The summed E-state index contributed by atoms with van der Waals surface area (Å²) >= 11 is 5.90. The smallest absolute Gasteiger partial charge is 0.266 e. The second kappa shape index (κ2) is 6.63. The summed E-state index contributed by atoms with van der Waals surface area (Å²) in [5, 5.41) is 10.1. The first-order valence-corrected chi connectivity index (χ1v) is 7.15. The Morgan fingerprint density at radius 2 is 2.29 bits per heavy atom. The molecule has 1 amide bonds. The van der Waals surface area contributed by atoms with Crippen molar-refractivity contribution in [2.75, 3.05) is 5.32 Å². The molecule has 1 aromatic heterocycles. The summed E-state index contributed by atoms with van der Waals surface area (Å²) < 4.78 is 5.68. The van der Waals surface area contributed by atoms with Crippen LogP contribution in [0, 0.1) is 6.92 Å². The molecular weight excluding hydrogens is 290 g/mol. The summed E-state index contributed by atoms with van der Waals surface area (Å²) in [6.45, 7) is 5.58. The summed E-state index contributed by atoms with van der Waals surface area (Å²) in [5.74, 6) is 1.02. The number of anilines is 1. The van der Waals surface area contributed by atoms with Crippen molar-refractivity contribution in [1.82, 2.24) is 10.2 Å². The van der Waals surface area contributed by atoms with Gasteiger partial charge in [-0.15, -0.1) is 0 Å². The van der Waals surface area contributed by atoms with E-state index in [1.54, 1.807) is 31.3 Å². The van der Waals surface area contributed by atoms with Gasteiger partial charge in [0.05, 0.1) is 6.20 Å². The van der Waals surface area contributed by atoms with Gasteiger partial charge in [-0.25, -0.2) is 0 Å². The van der Waals surface area contributed by atoms with Crippen LogP contribution in [-0.2, 0) is 11.2 Å². The predicted octanol–water partition coefficient (Wildman–Crippen LogP) is 3.34. The number of benzene rings is 1. The zero-order chi connectivity index (χ0) is 15.4. The molecule has 0 radical (unpaired) electrons. The molecule has 0 spiro atoms. The minimum atomic E-state index is -0.627. The van der Waals surface area contributed by atoms with E-state index in [0.29, 0.717) is 16.6 Å². The Balaban J connectivity index is 2.02. The number of aromatic nitrogens is 2. The summed E-state index contributed by atoms with van der Waals surface area (Å²) in [6.07, 6.45) is 1.86. The molecule has 2 aromatic rings. The fourth-order valence-electron chi connectivity index (χ4n) is 1.90. The average molecular weight is 308 g/mol. The Morgan fingerprint density at radius 1 is 1.52 bits per heavy atom. The molecule has 6 heteroatoms. The van der Waals surface area contributed by atoms with E-state index in [4.69, 9.17) is 16.3 Å². The first-order chi connectivity index (χ1) is 10.0. The molecule has 2 N–H and O–H groups in total. The van der Waals surface area contributed by atoms with Gasteiger partial charge in [0.25, 0.3) is 5.91 Å². The number of aromatic amines is 1. The lowest BCUT2D eigenvalue weighted by Gasteiger charge is -2.16. The van der Waals surface area contributed by atoms with E-state index in [1.165, 1.54) is 0 Å². The standard InChI is InChI=1S/C15H18ClN3O2/c1-4-11-8-17-19-14(11)18-15(20)10(3)21-13-6-5-12(16)7-9(13)2/h5-8,10H,4H2,1-3H3,(H2,17,18,19,20). The van der Waals surface area contributed by atoms with Crippen molar-refractivity contribution in [2.24, 2.45) is 0 Å². The van der Waals surface area contributed by atoms with Gasteiger partial charge < -0.3 is 10.1 Å². The van der Waals surface area contributed by atoms with Crippen LogP contribution in [0.4, 0.5) is 5.82 Å². The molecule has 0 fully saturated rings. The molecule has 0 aliphatic rings. The van der Waals surface area contributed by atoms with Gasteiger partial charge >= 0.3 is 0 Å². The van der Waals surface area contributed by atoms with Crippen molar-refractivity contribution in [1.29, 1.82) is 0 Å². The first-order valence-electron chi connectivity index (χ1n) is 6.77. The lowest BCUT2D eigenvalue weighted by Crippen LogP contribution is -2.30. The lowest BCUT2D eigenvalue weighted by molar-refractivity contribution is -0.122. The quantitative estimate of drug-likeness (QED) is 0.890. The number of carbonyl (C=O) groups excluding carboxylic acids is 1. The Bertz CT molecular complexity index is 640. The summed E-state index contributed by atoms with van der Waals surface area (Å²) in [7, 11) is 0. The summed E-state index contributed by atoms with van der Waals surface area (Å²) in [6, 6.07) is 5.29. The Kier molecular flexibility index (Phi) is 4.85. The van der Waals surface area contributed by atoms with E-state index in [1.807, 2.05) is 13.8 Å².